The van der Waals surface area contributed by atoms with Crippen molar-refractivity contribution < 1.29 is 33.2 Å². The van der Waals surface area contributed by atoms with E-state index in [9.17, 15) is 4.79 Å². The Morgan fingerprint density at radius 2 is 1.65 bits per heavy atom. The Morgan fingerprint density at radius 1 is 0.941 bits per heavy atom. The van der Waals surface area contributed by atoms with Gasteiger partial charge in [-0.05, 0) is 71.7 Å². The molecule has 1 fully saturated rings. The average molecular weight is 465 g/mol. The smallest absolute Gasteiger partial charge is 0.335 e. The second kappa shape index (κ2) is 8.46. The van der Waals surface area contributed by atoms with E-state index < -0.39 is 0 Å². The fraction of sp³-hybridized carbons (Fsp3) is 0.444. The molecule has 1 unspecified atom stereocenters. The van der Waals surface area contributed by atoms with E-state index in [1.807, 2.05) is 24.3 Å². The van der Waals surface area contributed by atoms with E-state index in [0.29, 0.717) is 54.1 Å². The summed E-state index contributed by atoms with van der Waals surface area (Å²) in [5.41, 5.74) is 4.68. The van der Waals surface area contributed by atoms with Crippen LogP contribution >= 0.6 is 0 Å². The molecule has 34 heavy (non-hydrogen) atoms. The number of methoxy groups -OCH3 is 2. The highest BCUT2D eigenvalue weighted by Crippen LogP contribution is 2.50. The second-order valence-corrected chi connectivity index (χ2v) is 9.32. The first-order valence-electron chi connectivity index (χ1n) is 11.9. The van der Waals surface area contributed by atoms with Crippen molar-refractivity contribution in [2.45, 2.75) is 38.0 Å². The number of cyclic esters (lactones) is 1. The van der Waals surface area contributed by atoms with Gasteiger partial charge in [0, 0.05) is 5.92 Å². The highest BCUT2D eigenvalue weighted by molar-refractivity contribution is 5.95. The van der Waals surface area contributed by atoms with Crippen molar-refractivity contribution in [1.82, 2.24) is 0 Å². The molecule has 2 aromatic rings. The zero-order chi connectivity index (χ0) is 23.2. The molecule has 2 heterocycles. The van der Waals surface area contributed by atoms with Crippen molar-refractivity contribution >= 4 is 5.97 Å². The van der Waals surface area contributed by atoms with Crippen LogP contribution in [0.15, 0.2) is 35.4 Å². The molecular formula is C27H28O7. The zero-order valence-electron chi connectivity index (χ0n) is 19.5. The minimum Gasteiger partial charge on any atom is -0.493 e. The largest absolute Gasteiger partial charge is 0.493 e. The van der Waals surface area contributed by atoms with Crippen LogP contribution in [0.4, 0.5) is 0 Å². The van der Waals surface area contributed by atoms with Gasteiger partial charge in [-0.1, -0.05) is 12.8 Å². The van der Waals surface area contributed by atoms with E-state index in [1.165, 1.54) is 25.7 Å². The molecule has 4 aliphatic rings. The molecule has 0 aromatic heterocycles. The monoisotopic (exact) mass is 464 g/mol. The van der Waals surface area contributed by atoms with Gasteiger partial charge in [-0.25, -0.2) is 4.79 Å². The van der Waals surface area contributed by atoms with E-state index in [4.69, 9.17) is 28.4 Å². The van der Waals surface area contributed by atoms with Gasteiger partial charge >= 0.3 is 5.97 Å². The van der Waals surface area contributed by atoms with Gasteiger partial charge in [0.15, 0.2) is 23.0 Å². The summed E-state index contributed by atoms with van der Waals surface area (Å²) in [4.78, 5) is 12.8. The van der Waals surface area contributed by atoms with Crippen LogP contribution in [0.2, 0.25) is 0 Å². The summed E-state index contributed by atoms with van der Waals surface area (Å²) in [6.07, 6.45) is 5.55. The molecule has 0 bridgehead atoms. The first-order valence-corrected chi connectivity index (χ1v) is 11.9. The molecule has 0 N–H and O–H groups in total. The predicted molar refractivity (Wildman–Crippen MR) is 123 cm³/mol. The Bertz CT molecular complexity index is 1150. The van der Waals surface area contributed by atoms with E-state index in [1.54, 1.807) is 14.2 Å². The molecule has 0 radical (unpaired) electrons. The Hall–Kier alpha value is -3.35. The first kappa shape index (κ1) is 21.2. The molecule has 2 aliphatic carbocycles. The number of hydrogen-bond acceptors (Lipinski definition) is 7. The molecular weight excluding hydrogens is 436 g/mol. The number of ether oxygens (including phenoxy) is 6. The standard InChI is InChI=1S/C27H28O7/c1-29-22-9-17(10-23(30-2)26(22)31-12-15-5-3-4-6-15)24-19-11-21-20(33-14-34-21)8-16(19)7-18-13-32-27(28)25(18)24/h8-11,15,24H,3-7,12-14H2,1-2H3. The van der Waals surface area contributed by atoms with Gasteiger partial charge in [-0.15, -0.1) is 0 Å². The average Bonchev–Trinajstić information content (AvgIpc) is 3.61. The molecule has 0 saturated heterocycles. The number of carbonyl (C=O) groups is 1. The zero-order valence-corrected chi connectivity index (χ0v) is 19.5. The lowest BCUT2D eigenvalue weighted by atomic mass is 9.75. The van der Waals surface area contributed by atoms with Crippen molar-refractivity contribution in [3.8, 4) is 28.7 Å². The summed E-state index contributed by atoms with van der Waals surface area (Å²) >= 11 is 0. The van der Waals surface area contributed by atoms with Crippen LogP contribution in [0, 0.1) is 5.92 Å². The van der Waals surface area contributed by atoms with Crippen LogP contribution in [0.25, 0.3) is 0 Å². The summed E-state index contributed by atoms with van der Waals surface area (Å²) in [5.74, 6) is 3.17. The number of rotatable bonds is 6. The fourth-order valence-electron chi connectivity index (χ4n) is 5.66. The maximum absolute atomic E-state index is 12.8. The summed E-state index contributed by atoms with van der Waals surface area (Å²) < 4.78 is 34.4. The van der Waals surface area contributed by atoms with E-state index in [-0.39, 0.29) is 18.7 Å². The molecule has 7 heteroatoms. The number of fused-ring (bicyclic) bond motifs is 2. The normalized spacial score (nSPS) is 20.8. The number of carbonyl (C=O) groups excluding carboxylic acids is 1. The lowest BCUT2D eigenvalue weighted by Gasteiger charge is -2.28. The summed E-state index contributed by atoms with van der Waals surface area (Å²) in [6, 6.07) is 7.91. The van der Waals surface area contributed by atoms with Crippen LogP contribution in [-0.4, -0.2) is 40.2 Å². The molecule has 1 atom stereocenters. The molecule has 0 amide bonds. The maximum atomic E-state index is 12.8. The van der Waals surface area contributed by atoms with Gasteiger partial charge in [0.05, 0.1) is 26.4 Å². The number of hydrogen-bond donors (Lipinski definition) is 0. The maximum Gasteiger partial charge on any atom is 0.335 e. The highest BCUT2D eigenvalue weighted by atomic mass is 16.7. The Labute approximate surface area is 198 Å². The molecule has 2 aliphatic heterocycles. The van der Waals surface area contributed by atoms with Crippen molar-refractivity contribution in [3.05, 3.63) is 52.1 Å². The molecule has 178 valence electrons. The third kappa shape index (κ3) is 3.45. The minimum absolute atomic E-state index is 0.201. The SMILES string of the molecule is COc1cc(C2C3=C(COC3=O)Cc3cc4c(cc32)OCO4)cc(OC)c1OCC1CCCC1. The van der Waals surface area contributed by atoms with Crippen LogP contribution in [0.1, 0.15) is 48.3 Å². The van der Waals surface area contributed by atoms with Crippen molar-refractivity contribution in [3.63, 3.8) is 0 Å². The van der Waals surface area contributed by atoms with Crippen LogP contribution in [0.3, 0.4) is 0 Å². The molecule has 2 aromatic carbocycles. The van der Waals surface area contributed by atoms with Crippen molar-refractivity contribution in [1.29, 1.82) is 0 Å². The third-order valence-corrected chi connectivity index (χ3v) is 7.37. The number of esters is 1. The quantitative estimate of drug-likeness (QED) is 0.581. The summed E-state index contributed by atoms with van der Waals surface area (Å²) in [5, 5.41) is 0. The Morgan fingerprint density at radius 3 is 2.35 bits per heavy atom. The molecule has 7 nitrogen and oxygen atoms in total. The second-order valence-electron chi connectivity index (χ2n) is 9.32. The molecule has 0 spiro atoms. The van der Waals surface area contributed by atoms with Gasteiger partial charge in [0.1, 0.15) is 6.61 Å². The van der Waals surface area contributed by atoms with E-state index >= 15 is 0 Å². The van der Waals surface area contributed by atoms with Crippen molar-refractivity contribution in [2.75, 3.05) is 34.2 Å². The van der Waals surface area contributed by atoms with Crippen LogP contribution in [0.5, 0.6) is 28.7 Å². The summed E-state index contributed by atoms with van der Waals surface area (Å²) in [7, 11) is 3.25. The lowest BCUT2D eigenvalue weighted by Crippen LogP contribution is -2.18. The minimum atomic E-state index is -0.324. The number of benzene rings is 2. The molecule has 1 saturated carbocycles. The van der Waals surface area contributed by atoms with E-state index in [2.05, 4.69) is 0 Å². The summed E-state index contributed by atoms with van der Waals surface area (Å²) in [6.45, 7) is 1.16. The van der Waals surface area contributed by atoms with E-state index in [0.717, 1.165) is 28.0 Å². The van der Waals surface area contributed by atoms with Gasteiger partial charge < -0.3 is 28.4 Å². The molecule has 6 rings (SSSR count). The fourth-order valence-corrected chi connectivity index (χ4v) is 5.66. The highest BCUT2D eigenvalue weighted by Gasteiger charge is 2.40. The van der Waals surface area contributed by atoms with Crippen molar-refractivity contribution in [2.24, 2.45) is 5.92 Å². The Balaban J connectivity index is 1.44. The van der Waals surface area contributed by atoms with Gasteiger partial charge in [0.25, 0.3) is 0 Å². The first-order chi connectivity index (χ1) is 16.7. The van der Waals surface area contributed by atoms with Crippen LogP contribution in [-0.2, 0) is 16.0 Å². The third-order valence-electron chi connectivity index (χ3n) is 7.37. The topological polar surface area (TPSA) is 72.5 Å². The van der Waals surface area contributed by atoms with Gasteiger partial charge in [-0.2, -0.15) is 0 Å². The van der Waals surface area contributed by atoms with Gasteiger partial charge in [-0.3, -0.25) is 0 Å². The predicted octanol–water partition coefficient (Wildman–Crippen LogP) is 4.54. The van der Waals surface area contributed by atoms with Crippen LogP contribution < -0.4 is 23.7 Å². The van der Waals surface area contributed by atoms with Gasteiger partial charge in [0.2, 0.25) is 12.5 Å². The Kier molecular flexibility index (Phi) is 5.27. The lowest BCUT2D eigenvalue weighted by molar-refractivity contribution is -0.136.